The van der Waals surface area contributed by atoms with Crippen LogP contribution in [0.3, 0.4) is 0 Å². The van der Waals surface area contributed by atoms with Gasteiger partial charge >= 0.3 is 0 Å². The van der Waals surface area contributed by atoms with Crippen molar-refractivity contribution in [3.05, 3.63) is 18.0 Å². The van der Waals surface area contributed by atoms with Gasteiger partial charge in [0.1, 0.15) is 0 Å². The van der Waals surface area contributed by atoms with Gasteiger partial charge in [-0.1, -0.05) is 6.92 Å². The fourth-order valence-corrected chi connectivity index (χ4v) is 1.74. The van der Waals surface area contributed by atoms with Gasteiger partial charge in [0.2, 0.25) is 0 Å². The zero-order valence-electron chi connectivity index (χ0n) is 9.24. The molecule has 0 unspecified atom stereocenters. The molecule has 4 nitrogen and oxygen atoms in total. The minimum atomic E-state index is 0.0152. The predicted molar refractivity (Wildman–Crippen MR) is 58.4 cm³/mol. The molecule has 1 fully saturated rings. The molecular formula is C11H19N3O. The van der Waals surface area contributed by atoms with Crippen LogP contribution >= 0.6 is 0 Å². The molecule has 0 bridgehead atoms. The van der Waals surface area contributed by atoms with Crippen molar-refractivity contribution in [2.24, 2.45) is 0 Å². The summed E-state index contributed by atoms with van der Waals surface area (Å²) in [5.41, 5.74) is 1.22. The average Bonchev–Trinajstić information content (AvgIpc) is 2.91. The Bertz CT molecular complexity index is 317. The minimum absolute atomic E-state index is 0.0152. The van der Waals surface area contributed by atoms with Gasteiger partial charge in [-0.3, -0.25) is 4.68 Å². The van der Waals surface area contributed by atoms with Crippen LogP contribution in [0.5, 0.6) is 0 Å². The van der Waals surface area contributed by atoms with Crippen LogP contribution in [0.25, 0.3) is 0 Å². The number of nitrogens with one attached hydrogen (secondary N) is 1. The highest BCUT2D eigenvalue weighted by Gasteiger charge is 2.41. The average molecular weight is 209 g/mol. The summed E-state index contributed by atoms with van der Waals surface area (Å²) in [7, 11) is 0. The van der Waals surface area contributed by atoms with Gasteiger partial charge in [-0.2, -0.15) is 5.10 Å². The maximum absolute atomic E-state index is 9.17. The first-order valence-corrected chi connectivity index (χ1v) is 5.66. The smallest absolute Gasteiger partial charge is 0.0613 e. The Balaban J connectivity index is 1.90. The van der Waals surface area contributed by atoms with Crippen LogP contribution in [-0.2, 0) is 13.1 Å². The van der Waals surface area contributed by atoms with Crippen molar-refractivity contribution in [1.29, 1.82) is 0 Å². The highest BCUT2D eigenvalue weighted by atomic mass is 16.3. The van der Waals surface area contributed by atoms with E-state index in [2.05, 4.69) is 17.3 Å². The summed E-state index contributed by atoms with van der Waals surface area (Å²) < 4.78 is 2.03. The second kappa shape index (κ2) is 4.33. The molecule has 1 aromatic heterocycles. The van der Waals surface area contributed by atoms with Crippen molar-refractivity contribution >= 4 is 0 Å². The Morgan fingerprint density at radius 1 is 1.60 bits per heavy atom. The Kier molecular flexibility index (Phi) is 3.07. The standard InChI is InChI=1S/C11H19N3O/c1-2-7-14-10(3-6-13-14)8-12-11(9-15)4-5-11/h3,6,12,15H,2,4-5,7-9H2,1H3. The maximum Gasteiger partial charge on any atom is 0.0613 e. The fourth-order valence-electron chi connectivity index (χ4n) is 1.74. The summed E-state index contributed by atoms with van der Waals surface area (Å²) in [6.07, 6.45) is 5.11. The molecule has 1 aliphatic rings. The quantitative estimate of drug-likeness (QED) is 0.732. The molecule has 2 N–H and O–H groups in total. The number of hydrogen-bond acceptors (Lipinski definition) is 3. The van der Waals surface area contributed by atoms with Gasteiger partial charge in [0, 0.05) is 24.8 Å². The molecule has 0 aromatic carbocycles. The van der Waals surface area contributed by atoms with Crippen LogP contribution < -0.4 is 5.32 Å². The number of aromatic nitrogens is 2. The van der Waals surface area contributed by atoms with Crippen LogP contribution in [0, 0.1) is 0 Å². The van der Waals surface area contributed by atoms with E-state index in [0.717, 1.165) is 32.4 Å². The number of aliphatic hydroxyl groups is 1. The second-order valence-corrected chi connectivity index (χ2v) is 4.34. The lowest BCUT2D eigenvalue weighted by Crippen LogP contribution is -2.34. The zero-order valence-corrected chi connectivity index (χ0v) is 9.24. The SMILES string of the molecule is CCCn1nccc1CNC1(CO)CC1. The first kappa shape index (κ1) is 10.6. The normalized spacial score (nSPS) is 18.0. The van der Waals surface area contributed by atoms with E-state index in [1.807, 2.05) is 16.9 Å². The summed E-state index contributed by atoms with van der Waals surface area (Å²) in [6.45, 7) is 4.17. The summed E-state index contributed by atoms with van der Waals surface area (Å²) >= 11 is 0. The summed E-state index contributed by atoms with van der Waals surface area (Å²) in [6, 6.07) is 2.04. The molecule has 84 valence electrons. The van der Waals surface area contributed by atoms with E-state index < -0.39 is 0 Å². The molecule has 0 atom stereocenters. The first-order chi connectivity index (χ1) is 7.29. The topological polar surface area (TPSA) is 50.1 Å². The van der Waals surface area contributed by atoms with Crippen molar-refractivity contribution in [1.82, 2.24) is 15.1 Å². The molecule has 1 saturated carbocycles. The number of aryl methyl sites for hydroxylation is 1. The third kappa shape index (κ3) is 2.38. The van der Waals surface area contributed by atoms with E-state index in [1.165, 1.54) is 5.69 Å². The summed E-state index contributed by atoms with van der Waals surface area (Å²) in [5, 5.41) is 16.9. The Morgan fingerprint density at radius 3 is 3.00 bits per heavy atom. The lowest BCUT2D eigenvalue weighted by Gasteiger charge is -2.14. The first-order valence-electron chi connectivity index (χ1n) is 5.66. The predicted octanol–water partition coefficient (Wildman–Crippen LogP) is 0.908. The van der Waals surface area contributed by atoms with Gasteiger partial charge < -0.3 is 10.4 Å². The third-order valence-electron chi connectivity index (χ3n) is 3.04. The van der Waals surface area contributed by atoms with Gasteiger partial charge in [-0.05, 0) is 25.3 Å². The second-order valence-electron chi connectivity index (χ2n) is 4.34. The zero-order chi connectivity index (χ0) is 10.7. The van der Waals surface area contributed by atoms with Gasteiger partial charge in [-0.15, -0.1) is 0 Å². The number of nitrogens with zero attached hydrogens (tertiary/aromatic N) is 2. The molecule has 0 amide bonds. The van der Waals surface area contributed by atoms with Crippen LogP contribution in [0.2, 0.25) is 0 Å². The van der Waals surface area contributed by atoms with Crippen molar-refractivity contribution in [2.45, 2.75) is 44.8 Å². The van der Waals surface area contributed by atoms with E-state index in [1.54, 1.807) is 0 Å². The molecule has 4 heteroatoms. The van der Waals surface area contributed by atoms with Crippen LogP contribution in [0.1, 0.15) is 31.9 Å². The molecule has 1 aromatic rings. The largest absolute Gasteiger partial charge is 0.394 e. The highest BCUT2D eigenvalue weighted by Crippen LogP contribution is 2.34. The van der Waals surface area contributed by atoms with E-state index >= 15 is 0 Å². The monoisotopic (exact) mass is 209 g/mol. The van der Waals surface area contributed by atoms with Crippen LogP contribution in [0.15, 0.2) is 12.3 Å². The molecule has 0 saturated heterocycles. The van der Waals surface area contributed by atoms with E-state index in [-0.39, 0.29) is 12.1 Å². The van der Waals surface area contributed by atoms with Gasteiger partial charge in [0.25, 0.3) is 0 Å². The van der Waals surface area contributed by atoms with Gasteiger partial charge in [0.15, 0.2) is 0 Å². The lowest BCUT2D eigenvalue weighted by molar-refractivity contribution is 0.228. The maximum atomic E-state index is 9.17. The minimum Gasteiger partial charge on any atom is -0.394 e. The molecule has 0 spiro atoms. The van der Waals surface area contributed by atoms with Crippen molar-refractivity contribution in [3.63, 3.8) is 0 Å². The van der Waals surface area contributed by atoms with E-state index in [9.17, 15) is 5.11 Å². The van der Waals surface area contributed by atoms with E-state index in [4.69, 9.17) is 0 Å². The molecule has 0 radical (unpaired) electrons. The van der Waals surface area contributed by atoms with Crippen molar-refractivity contribution in [3.8, 4) is 0 Å². The molecule has 0 aliphatic heterocycles. The Labute approximate surface area is 90.3 Å². The molecule has 2 rings (SSSR count). The summed E-state index contributed by atoms with van der Waals surface area (Å²) in [4.78, 5) is 0. The Hall–Kier alpha value is -0.870. The highest BCUT2D eigenvalue weighted by molar-refractivity contribution is 5.06. The van der Waals surface area contributed by atoms with Crippen LogP contribution in [0.4, 0.5) is 0 Å². The van der Waals surface area contributed by atoms with Crippen molar-refractivity contribution in [2.75, 3.05) is 6.61 Å². The Morgan fingerprint density at radius 2 is 2.40 bits per heavy atom. The van der Waals surface area contributed by atoms with Crippen molar-refractivity contribution < 1.29 is 5.11 Å². The lowest BCUT2D eigenvalue weighted by atomic mass is 10.3. The third-order valence-corrected chi connectivity index (χ3v) is 3.04. The number of aliphatic hydroxyl groups excluding tert-OH is 1. The summed E-state index contributed by atoms with van der Waals surface area (Å²) in [5.74, 6) is 0. The number of hydrogen-bond donors (Lipinski definition) is 2. The fraction of sp³-hybridized carbons (Fsp3) is 0.727. The molecule has 15 heavy (non-hydrogen) atoms. The number of rotatable bonds is 6. The molecule has 1 heterocycles. The van der Waals surface area contributed by atoms with Gasteiger partial charge in [-0.25, -0.2) is 0 Å². The van der Waals surface area contributed by atoms with Gasteiger partial charge in [0.05, 0.1) is 12.3 Å². The molecular weight excluding hydrogens is 190 g/mol. The molecule has 1 aliphatic carbocycles. The van der Waals surface area contributed by atoms with Crippen LogP contribution in [-0.4, -0.2) is 27.0 Å². The van der Waals surface area contributed by atoms with E-state index in [0.29, 0.717) is 0 Å².